The Kier molecular flexibility index (Phi) is 5.05. The molecular formula is C18H18N2O3S. The SMILES string of the molecule is NC(=O)COc1cccc(C(=O)NC2CCSc3ccccc32)c1. The molecule has 0 aliphatic carbocycles. The summed E-state index contributed by atoms with van der Waals surface area (Å²) in [6.45, 7) is -0.210. The zero-order chi connectivity index (χ0) is 16.9. The number of nitrogens with one attached hydrogen (secondary N) is 1. The van der Waals surface area contributed by atoms with Crippen molar-refractivity contribution in [1.82, 2.24) is 5.32 Å². The van der Waals surface area contributed by atoms with E-state index in [1.54, 1.807) is 24.3 Å². The molecule has 0 saturated heterocycles. The molecule has 1 unspecified atom stereocenters. The second kappa shape index (κ2) is 7.40. The average Bonchev–Trinajstić information content (AvgIpc) is 2.60. The Morgan fingerprint density at radius 1 is 1.21 bits per heavy atom. The van der Waals surface area contributed by atoms with Crippen LogP contribution >= 0.6 is 11.8 Å². The zero-order valence-electron chi connectivity index (χ0n) is 13.0. The molecule has 6 heteroatoms. The van der Waals surface area contributed by atoms with Crippen molar-refractivity contribution in [2.45, 2.75) is 17.4 Å². The Morgan fingerprint density at radius 2 is 2.04 bits per heavy atom. The minimum absolute atomic E-state index is 0.00476. The van der Waals surface area contributed by atoms with Gasteiger partial charge in [0.05, 0.1) is 6.04 Å². The largest absolute Gasteiger partial charge is 0.484 e. The van der Waals surface area contributed by atoms with Gasteiger partial charge in [0.15, 0.2) is 6.61 Å². The highest BCUT2D eigenvalue weighted by Crippen LogP contribution is 2.35. The van der Waals surface area contributed by atoms with E-state index in [1.165, 1.54) is 4.90 Å². The van der Waals surface area contributed by atoms with E-state index < -0.39 is 5.91 Å². The first-order chi connectivity index (χ1) is 11.6. The summed E-state index contributed by atoms with van der Waals surface area (Å²) in [5.41, 5.74) is 6.71. The Bertz CT molecular complexity index is 763. The fourth-order valence-corrected chi connectivity index (χ4v) is 3.74. The summed E-state index contributed by atoms with van der Waals surface area (Å²) in [6.07, 6.45) is 0.894. The molecule has 0 radical (unpaired) electrons. The van der Waals surface area contributed by atoms with Crippen molar-refractivity contribution in [3.63, 3.8) is 0 Å². The normalized spacial score (nSPS) is 16.1. The van der Waals surface area contributed by atoms with Crippen molar-refractivity contribution >= 4 is 23.6 Å². The molecule has 1 aliphatic rings. The molecule has 0 bridgehead atoms. The molecule has 0 spiro atoms. The second-order valence-corrected chi connectivity index (χ2v) is 6.62. The highest BCUT2D eigenvalue weighted by atomic mass is 32.2. The maximum Gasteiger partial charge on any atom is 0.255 e. The number of thioether (sulfide) groups is 1. The van der Waals surface area contributed by atoms with Gasteiger partial charge in [0.25, 0.3) is 11.8 Å². The van der Waals surface area contributed by atoms with Gasteiger partial charge in [0.2, 0.25) is 0 Å². The van der Waals surface area contributed by atoms with Crippen LogP contribution < -0.4 is 15.8 Å². The number of carbonyl (C=O) groups excluding carboxylic acids is 2. The number of primary amides is 1. The monoisotopic (exact) mass is 342 g/mol. The van der Waals surface area contributed by atoms with Gasteiger partial charge < -0.3 is 15.8 Å². The molecule has 0 saturated carbocycles. The fraction of sp³-hybridized carbons (Fsp3) is 0.222. The van der Waals surface area contributed by atoms with E-state index in [-0.39, 0.29) is 18.6 Å². The molecule has 5 nitrogen and oxygen atoms in total. The van der Waals surface area contributed by atoms with Gasteiger partial charge >= 0.3 is 0 Å². The third-order valence-electron chi connectivity index (χ3n) is 3.74. The minimum Gasteiger partial charge on any atom is -0.484 e. The van der Waals surface area contributed by atoms with Crippen molar-refractivity contribution in [2.75, 3.05) is 12.4 Å². The van der Waals surface area contributed by atoms with Crippen LogP contribution in [0.25, 0.3) is 0 Å². The highest BCUT2D eigenvalue weighted by molar-refractivity contribution is 7.99. The fourth-order valence-electron chi connectivity index (χ4n) is 2.62. The molecule has 2 aromatic carbocycles. The number of rotatable bonds is 5. The quantitative estimate of drug-likeness (QED) is 0.875. The predicted octanol–water partition coefficient (Wildman–Crippen LogP) is 2.52. The smallest absolute Gasteiger partial charge is 0.255 e. The van der Waals surface area contributed by atoms with Gasteiger partial charge in [-0.15, -0.1) is 11.8 Å². The van der Waals surface area contributed by atoms with Crippen molar-refractivity contribution in [1.29, 1.82) is 0 Å². The van der Waals surface area contributed by atoms with Crippen LogP contribution in [0.4, 0.5) is 0 Å². The molecule has 3 rings (SSSR count). The first kappa shape index (κ1) is 16.4. The Balaban J connectivity index is 1.72. The maximum atomic E-state index is 12.5. The number of fused-ring (bicyclic) bond motifs is 1. The van der Waals surface area contributed by atoms with Crippen LogP contribution in [-0.2, 0) is 4.79 Å². The van der Waals surface area contributed by atoms with E-state index in [0.717, 1.165) is 17.7 Å². The van der Waals surface area contributed by atoms with E-state index >= 15 is 0 Å². The number of hydrogen-bond acceptors (Lipinski definition) is 4. The summed E-state index contributed by atoms with van der Waals surface area (Å²) in [6, 6.07) is 14.9. The van der Waals surface area contributed by atoms with E-state index in [4.69, 9.17) is 10.5 Å². The van der Waals surface area contributed by atoms with Gasteiger partial charge in [0, 0.05) is 16.2 Å². The molecule has 1 atom stereocenters. The molecule has 2 amide bonds. The van der Waals surface area contributed by atoms with Crippen LogP contribution in [0.3, 0.4) is 0 Å². The lowest BCUT2D eigenvalue weighted by atomic mass is 10.0. The Hall–Kier alpha value is -2.47. The first-order valence-electron chi connectivity index (χ1n) is 7.67. The zero-order valence-corrected chi connectivity index (χ0v) is 13.8. The van der Waals surface area contributed by atoms with Crippen LogP contribution in [-0.4, -0.2) is 24.2 Å². The van der Waals surface area contributed by atoms with Crippen molar-refractivity contribution in [3.05, 3.63) is 59.7 Å². The summed E-state index contributed by atoms with van der Waals surface area (Å²) in [5.74, 6) is 0.706. The van der Waals surface area contributed by atoms with Gasteiger partial charge in [0.1, 0.15) is 5.75 Å². The Labute approximate surface area is 144 Å². The predicted molar refractivity (Wildman–Crippen MR) is 93.1 cm³/mol. The van der Waals surface area contributed by atoms with Gasteiger partial charge in [-0.1, -0.05) is 24.3 Å². The lowest BCUT2D eigenvalue weighted by molar-refractivity contribution is -0.119. The van der Waals surface area contributed by atoms with Crippen LogP contribution in [0.1, 0.15) is 28.4 Å². The third kappa shape index (κ3) is 3.89. The van der Waals surface area contributed by atoms with E-state index in [9.17, 15) is 9.59 Å². The third-order valence-corrected chi connectivity index (χ3v) is 4.86. The summed E-state index contributed by atoms with van der Waals surface area (Å²) in [4.78, 5) is 24.6. The van der Waals surface area contributed by atoms with Crippen LogP contribution in [0.15, 0.2) is 53.4 Å². The number of hydrogen-bond donors (Lipinski definition) is 2. The molecule has 24 heavy (non-hydrogen) atoms. The van der Waals surface area contributed by atoms with Crippen molar-refractivity contribution in [2.24, 2.45) is 5.73 Å². The molecule has 1 aliphatic heterocycles. The molecule has 2 aromatic rings. The number of carbonyl (C=O) groups is 2. The average molecular weight is 342 g/mol. The van der Waals surface area contributed by atoms with Crippen LogP contribution in [0, 0.1) is 0 Å². The number of amides is 2. The van der Waals surface area contributed by atoms with Gasteiger partial charge in [-0.2, -0.15) is 0 Å². The number of benzene rings is 2. The first-order valence-corrected chi connectivity index (χ1v) is 8.66. The van der Waals surface area contributed by atoms with Gasteiger partial charge in [-0.3, -0.25) is 9.59 Å². The maximum absolute atomic E-state index is 12.5. The summed E-state index contributed by atoms with van der Waals surface area (Å²) in [5, 5.41) is 3.08. The molecule has 0 aromatic heterocycles. The highest BCUT2D eigenvalue weighted by Gasteiger charge is 2.22. The summed E-state index contributed by atoms with van der Waals surface area (Å²) in [7, 11) is 0. The van der Waals surface area contributed by atoms with Gasteiger partial charge in [-0.05, 0) is 36.2 Å². The van der Waals surface area contributed by atoms with E-state index in [0.29, 0.717) is 11.3 Å². The lowest BCUT2D eigenvalue weighted by Crippen LogP contribution is -2.30. The molecule has 124 valence electrons. The van der Waals surface area contributed by atoms with Crippen LogP contribution in [0.2, 0.25) is 0 Å². The number of ether oxygens (including phenoxy) is 1. The molecular weight excluding hydrogens is 324 g/mol. The Morgan fingerprint density at radius 3 is 2.88 bits per heavy atom. The summed E-state index contributed by atoms with van der Waals surface area (Å²) >= 11 is 1.81. The van der Waals surface area contributed by atoms with E-state index in [1.807, 2.05) is 23.9 Å². The molecule has 3 N–H and O–H groups in total. The molecule has 1 heterocycles. The van der Waals surface area contributed by atoms with Crippen molar-refractivity contribution < 1.29 is 14.3 Å². The summed E-state index contributed by atoms with van der Waals surface area (Å²) < 4.78 is 5.25. The van der Waals surface area contributed by atoms with Crippen LogP contribution in [0.5, 0.6) is 5.75 Å². The second-order valence-electron chi connectivity index (χ2n) is 5.48. The van der Waals surface area contributed by atoms with Gasteiger partial charge in [-0.25, -0.2) is 0 Å². The van der Waals surface area contributed by atoms with E-state index in [2.05, 4.69) is 17.4 Å². The lowest BCUT2D eigenvalue weighted by Gasteiger charge is -2.26. The minimum atomic E-state index is -0.554. The topological polar surface area (TPSA) is 81.4 Å². The van der Waals surface area contributed by atoms with Crippen molar-refractivity contribution in [3.8, 4) is 5.75 Å². The standard InChI is InChI=1S/C18H18N2O3S/c19-17(21)11-23-13-5-3-4-12(10-13)18(22)20-15-8-9-24-16-7-2-1-6-14(15)16/h1-7,10,15H,8-9,11H2,(H2,19,21)(H,20,22). The number of nitrogens with two attached hydrogens (primary N) is 1. The molecule has 0 fully saturated rings.